The van der Waals surface area contributed by atoms with E-state index in [1.165, 1.54) is 12.1 Å². The summed E-state index contributed by atoms with van der Waals surface area (Å²) >= 11 is 0. The Kier molecular flexibility index (Phi) is 4.18. The summed E-state index contributed by atoms with van der Waals surface area (Å²) in [6.45, 7) is 1.06. The first-order valence-corrected chi connectivity index (χ1v) is 8.11. The molecule has 0 bridgehead atoms. The van der Waals surface area contributed by atoms with Crippen molar-refractivity contribution >= 4 is 17.0 Å². The van der Waals surface area contributed by atoms with Crippen LogP contribution in [0.5, 0.6) is 0 Å². The highest BCUT2D eigenvalue weighted by atomic mass is 19.1. The van der Waals surface area contributed by atoms with Gasteiger partial charge in [-0.25, -0.2) is 9.37 Å². The summed E-state index contributed by atoms with van der Waals surface area (Å²) in [4.78, 5) is 16.7. The quantitative estimate of drug-likeness (QED) is 0.600. The highest BCUT2D eigenvalue weighted by molar-refractivity contribution is 5.97. The van der Waals surface area contributed by atoms with E-state index in [4.69, 9.17) is 4.42 Å². The molecule has 2 aromatic carbocycles. The number of rotatable bonds is 5. The summed E-state index contributed by atoms with van der Waals surface area (Å²) in [7, 11) is 0. The molecule has 4 aromatic rings. The number of carbonyl (C=O) groups excluding carboxylic acids is 1. The number of benzene rings is 2. The second-order valence-corrected chi connectivity index (χ2v) is 5.74. The molecule has 0 radical (unpaired) electrons. The highest BCUT2D eigenvalue weighted by Crippen LogP contribution is 2.25. The average Bonchev–Trinajstić information content (AvgIpc) is 3.30. The van der Waals surface area contributed by atoms with Crippen LogP contribution in [-0.4, -0.2) is 27.2 Å². The topological polar surface area (TPSA) is 73.0 Å². The molecular weight excluding hydrogens is 335 g/mol. The molecule has 0 spiro atoms. The summed E-state index contributed by atoms with van der Waals surface area (Å²) in [5.41, 5.74) is 2.12. The molecule has 26 heavy (non-hydrogen) atoms. The molecule has 1 amide bonds. The van der Waals surface area contributed by atoms with Crippen molar-refractivity contribution in [2.75, 3.05) is 6.54 Å². The third-order valence-corrected chi connectivity index (χ3v) is 3.91. The standard InChI is InChI=1S/C19H15FN4O2/c20-15-4-1-3-14(11-15)19-23-16-12-13(5-6-17(16)26-19)18(25)21-8-10-24-9-2-7-22-24/h1-7,9,11-12H,8,10H2,(H,21,25). The number of fused-ring (bicyclic) bond motifs is 1. The van der Waals surface area contributed by atoms with Gasteiger partial charge in [-0.3, -0.25) is 9.48 Å². The molecule has 2 heterocycles. The molecule has 0 atom stereocenters. The van der Waals surface area contributed by atoms with Crippen LogP contribution in [0.3, 0.4) is 0 Å². The van der Waals surface area contributed by atoms with Gasteiger partial charge in [-0.2, -0.15) is 5.10 Å². The van der Waals surface area contributed by atoms with Crippen molar-refractivity contribution in [3.63, 3.8) is 0 Å². The van der Waals surface area contributed by atoms with Crippen LogP contribution in [0.1, 0.15) is 10.4 Å². The van der Waals surface area contributed by atoms with Gasteiger partial charge >= 0.3 is 0 Å². The van der Waals surface area contributed by atoms with Crippen molar-refractivity contribution in [2.45, 2.75) is 6.54 Å². The molecule has 0 fully saturated rings. The first-order valence-electron chi connectivity index (χ1n) is 8.11. The van der Waals surface area contributed by atoms with Crippen LogP contribution in [0.25, 0.3) is 22.6 Å². The third kappa shape index (κ3) is 3.32. The fraction of sp³-hybridized carbons (Fsp3) is 0.105. The van der Waals surface area contributed by atoms with Gasteiger partial charge in [-0.15, -0.1) is 0 Å². The molecule has 130 valence electrons. The normalized spacial score (nSPS) is 11.0. The number of carbonyl (C=O) groups is 1. The monoisotopic (exact) mass is 350 g/mol. The lowest BCUT2D eigenvalue weighted by atomic mass is 10.2. The van der Waals surface area contributed by atoms with Gasteiger partial charge in [0.1, 0.15) is 11.3 Å². The summed E-state index contributed by atoms with van der Waals surface area (Å²) in [6, 6.07) is 12.9. The van der Waals surface area contributed by atoms with E-state index in [-0.39, 0.29) is 11.7 Å². The molecule has 0 aliphatic carbocycles. The van der Waals surface area contributed by atoms with E-state index in [0.717, 1.165) is 0 Å². The van der Waals surface area contributed by atoms with Crippen LogP contribution in [0.2, 0.25) is 0 Å². The van der Waals surface area contributed by atoms with Crippen molar-refractivity contribution in [3.05, 3.63) is 72.3 Å². The number of nitrogens with one attached hydrogen (secondary N) is 1. The lowest BCUT2D eigenvalue weighted by Gasteiger charge is -2.05. The number of nitrogens with zero attached hydrogens (tertiary/aromatic N) is 3. The van der Waals surface area contributed by atoms with E-state index in [0.29, 0.717) is 41.2 Å². The smallest absolute Gasteiger partial charge is 0.251 e. The number of hydrogen-bond acceptors (Lipinski definition) is 4. The van der Waals surface area contributed by atoms with Gasteiger partial charge in [0.15, 0.2) is 5.58 Å². The van der Waals surface area contributed by atoms with Gasteiger partial charge < -0.3 is 9.73 Å². The van der Waals surface area contributed by atoms with Crippen molar-refractivity contribution in [1.29, 1.82) is 0 Å². The summed E-state index contributed by atoms with van der Waals surface area (Å²) in [5, 5.41) is 6.92. The van der Waals surface area contributed by atoms with E-state index in [2.05, 4.69) is 15.4 Å². The van der Waals surface area contributed by atoms with Crippen molar-refractivity contribution in [2.24, 2.45) is 0 Å². The van der Waals surface area contributed by atoms with E-state index in [1.807, 2.05) is 12.3 Å². The Labute approximate surface area is 148 Å². The van der Waals surface area contributed by atoms with Gasteiger partial charge in [0.25, 0.3) is 5.91 Å². The van der Waals surface area contributed by atoms with Crippen LogP contribution in [0, 0.1) is 5.82 Å². The minimum atomic E-state index is -0.359. The Balaban J connectivity index is 1.50. The second kappa shape index (κ2) is 6.79. The minimum absolute atomic E-state index is 0.200. The van der Waals surface area contributed by atoms with E-state index >= 15 is 0 Å². The largest absolute Gasteiger partial charge is 0.436 e. The molecular formula is C19H15FN4O2. The molecule has 0 aliphatic heterocycles. The maximum absolute atomic E-state index is 13.4. The molecule has 2 aromatic heterocycles. The Morgan fingerprint density at radius 3 is 2.92 bits per heavy atom. The molecule has 0 saturated heterocycles. The summed E-state index contributed by atoms with van der Waals surface area (Å²) in [6.07, 6.45) is 3.53. The fourth-order valence-corrected chi connectivity index (χ4v) is 2.63. The van der Waals surface area contributed by atoms with Gasteiger partial charge in [-0.1, -0.05) is 6.07 Å². The molecule has 0 aliphatic rings. The van der Waals surface area contributed by atoms with Crippen LogP contribution in [-0.2, 0) is 6.54 Å². The van der Waals surface area contributed by atoms with E-state index < -0.39 is 0 Å². The van der Waals surface area contributed by atoms with Gasteiger partial charge in [-0.05, 0) is 42.5 Å². The first kappa shape index (κ1) is 16.0. The Hall–Kier alpha value is -3.48. The molecule has 7 heteroatoms. The van der Waals surface area contributed by atoms with Gasteiger partial charge in [0.2, 0.25) is 5.89 Å². The number of amides is 1. The second-order valence-electron chi connectivity index (χ2n) is 5.74. The maximum atomic E-state index is 13.4. The van der Waals surface area contributed by atoms with Crippen LogP contribution in [0.15, 0.2) is 65.3 Å². The SMILES string of the molecule is O=C(NCCn1cccn1)c1ccc2oc(-c3cccc(F)c3)nc2c1. The van der Waals surface area contributed by atoms with Gasteiger partial charge in [0.05, 0.1) is 6.54 Å². The lowest BCUT2D eigenvalue weighted by Crippen LogP contribution is -2.27. The van der Waals surface area contributed by atoms with Crippen LogP contribution < -0.4 is 5.32 Å². The lowest BCUT2D eigenvalue weighted by molar-refractivity contribution is 0.0952. The molecule has 6 nitrogen and oxygen atoms in total. The zero-order chi connectivity index (χ0) is 17.9. The minimum Gasteiger partial charge on any atom is -0.436 e. The van der Waals surface area contributed by atoms with E-state index in [1.54, 1.807) is 41.2 Å². The Morgan fingerprint density at radius 1 is 1.19 bits per heavy atom. The Morgan fingerprint density at radius 2 is 2.12 bits per heavy atom. The number of hydrogen-bond donors (Lipinski definition) is 1. The van der Waals surface area contributed by atoms with Crippen molar-refractivity contribution in [1.82, 2.24) is 20.1 Å². The Bertz CT molecular complexity index is 1060. The molecule has 0 unspecified atom stereocenters. The zero-order valence-corrected chi connectivity index (χ0v) is 13.7. The van der Waals surface area contributed by atoms with Crippen LogP contribution >= 0.6 is 0 Å². The third-order valence-electron chi connectivity index (χ3n) is 3.91. The molecule has 0 saturated carbocycles. The van der Waals surface area contributed by atoms with E-state index in [9.17, 15) is 9.18 Å². The zero-order valence-electron chi connectivity index (χ0n) is 13.7. The molecule has 4 rings (SSSR count). The average molecular weight is 350 g/mol. The highest BCUT2D eigenvalue weighted by Gasteiger charge is 2.12. The van der Waals surface area contributed by atoms with Gasteiger partial charge in [0, 0.05) is 30.1 Å². The first-order chi connectivity index (χ1) is 12.7. The van der Waals surface area contributed by atoms with Crippen molar-refractivity contribution < 1.29 is 13.6 Å². The van der Waals surface area contributed by atoms with Crippen LogP contribution in [0.4, 0.5) is 4.39 Å². The maximum Gasteiger partial charge on any atom is 0.251 e. The number of oxazole rings is 1. The summed E-state index contributed by atoms with van der Waals surface area (Å²) < 4.78 is 20.8. The fourth-order valence-electron chi connectivity index (χ4n) is 2.63. The molecule has 1 N–H and O–H groups in total. The number of halogens is 1. The summed E-state index contributed by atoms with van der Waals surface area (Å²) in [5.74, 6) is -0.243. The van der Waals surface area contributed by atoms with Crippen molar-refractivity contribution in [3.8, 4) is 11.5 Å². The predicted octanol–water partition coefficient (Wildman–Crippen LogP) is 3.26. The predicted molar refractivity (Wildman–Crippen MR) is 94.0 cm³/mol. The number of aromatic nitrogens is 3.